The molecule has 0 saturated carbocycles. The van der Waals surface area contributed by atoms with Crippen molar-refractivity contribution in [2.75, 3.05) is 18.1 Å². The van der Waals surface area contributed by atoms with Crippen molar-refractivity contribution in [1.29, 1.82) is 0 Å². The second-order valence-corrected chi connectivity index (χ2v) is 4.50. The number of nitrogens with zero attached hydrogens (tertiary/aromatic N) is 1. The topological polar surface area (TPSA) is 63.7 Å². The van der Waals surface area contributed by atoms with Gasteiger partial charge in [0.1, 0.15) is 6.54 Å². The zero-order chi connectivity index (χ0) is 14.2. The number of hydrogen-bond acceptors (Lipinski definition) is 4. The Morgan fingerprint density at radius 1 is 1.26 bits per heavy atom. The highest BCUT2D eigenvalue weighted by Gasteiger charge is 2.38. The van der Waals surface area contributed by atoms with Crippen molar-refractivity contribution in [1.82, 2.24) is 0 Å². The van der Waals surface area contributed by atoms with Crippen LogP contribution in [0.25, 0.3) is 0 Å². The van der Waals surface area contributed by atoms with Crippen molar-refractivity contribution >= 4 is 23.3 Å². The summed E-state index contributed by atoms with van der Waals surface area (Å²) in [5.74, 6) is -1.75. The highest BCUT2D eigenvalue weighted by atomic mass is 16.5. The van der Waals surface area contributed by atoms with Crippen LogP contribution < -0.4 is 4.90 Å². The molecule has 19 heavy (non-hydrogen) atoms. The molecule has 2 rings (SSSR count). The number of carbonyl (C=O) groups excluding carboxylic acids is 3. The van der Waals surface area contributed by atoms with E-state index in [0.29, 0.717) is 11.3 Å². The minimum atomic E-state index is -0.670. The molecule has 1 aliphatic heterocycles. The molecule has 1 amide bonds. The molecule has 0 spiro atoms. The van der Waals surface area contributed by atoms with E-state index in [1.54, 1.807) is 19.9 Å². The van der Waals surface area contributed by atoms with Crippen LogP contribution in [-0.4, -0.2) is 30.8 Å². The predicted octanol–water partition coefficient (Wildman–Crippen LogP) is 1.40. The summed E-state index contributed by atoms with van der Waals surface area (Å²) in [6.07, 6.45) is 0. The number of ketones is 1. The molecule has 5 nitrogen and oxygen atoms in total. The number of carbonyl (C=O) groups is 3. The lowest BCUT2D eigenvalue weighted by Gasteiger charge is -2.16. The van der Waals surface area contributed by atoms with Crippen LogP contribution in [0.1, 0.15) is 28.4 Å². The van der Waals surface area contributed by atoms with Crippen molar-refractivity contribution in [2.45, 2.75) is 20.8 Å². The number of esters is 1. The lowest BCUT2D eigenvalue weighted by molar-refractivity contribution is -0.142. The van der Waals surface area contributed by atoms with Gasteiger partial charge in [0.15, 0.2) is 0 Å². The number of amides is 1. The van der Waals surface area contributed by atoms with Crippen LogP contribution in [0.5, 0.6) is 0 Å². The molecule has 0 unspecified atom stereocenters. The van der Waals surface area contributed by atoms with Gasteiger partial charge in [-0.2, -0.15) is 0 Å². The van der Waals surface area contributed by atoms with Gasteiger partial charge in [-0.15, -0.1) is 0 Å². The molecule has 1 aromatic rings. The van der Waals surface area contributed by atoms with Crippen molar-refractivity contribution in [3.05, 3.63) is 28.8 Å². The first-order valence-electron chi connectivity index (χ1n) is 6.08. The fourth-order valence-electron chi connectivity index (χ4n) is 2.29. The molecular formula is C14H15NO4. The largest absolute Gasteiger partial charge is 0.465 e. The first-order chi connectivity index (χ1) is 8.95. The van der Waals surface area contributed by atoms with E-state index in [1.807, 2.05) is 13.0 Å². The SMILES string of the molecule is CCOC(=O)CN1C(=O)C(=O)c2c(C)cc(C)cc21. The molecule has 1 aliphatic rings. The molecule has 0 aliphatic carbocycles. The summed E-state index contributed by atoms with van der Waals surface area (Å²) in [5, 5.41) is 0. The number of benzene rings is 1. The predicted molar refractivity (Wildman–Crippen MR) is 69.2 cm³/mol. The quantitative estimate of drug-likeness (QED) is 0.609. The summed E-state index contributed by atoms with van der Waals surface area (Å²) < 4.78 is 4.82. The summed E-state index contributed by atoms with van der Waals surface area (Å²) >= 11 is 0. The summed E-state index contributed by atoms with van der Waals surface area (Å²) in [6, 6.07) is 3.59. The van der Waals surface area contributed by atoms with Crippen molar-refractivity contribution in [2.24, 2.45) is 0 Å². The molecule has 0 atom stereocenters. The van der Waals surface area contributed by atoms with Gasteiger partial charge in [0, 0.05) is 0 Å². The van der Waals surface area contributed by atoms with Crippen LogP contribution in [0.3, 0.4) is 0 Å². The number of hydrogen-bond donors (Lipinski definition) is 0. The smallest absolute Gasteiger partial charge is 0.326 e. The monoisotopic (exact) mass is 261 g/mol. The molecule has 100 valence electrons. The van der Waals surface area contributed by atoms with Crippen molar-refractivity contribution in [3.63, 3.8) is 0 Å². The Bertz CT molecular complexity index is 577. The summed E-state index contributed by atoms with van der Waals surface area (Å²) in [7, 11) is 0. The van der Waals surface area contributed by atoms with Crippen LogP contribution in [0.15, 0.2) is 12.1 Å². The molecule has 5 heteroatoms. The normalized spacial score (nSPS) is 13.7. The molecule has 0 bridgehead atoms. The van der Waals surface area contributed by atoms with Crippen LogP contribution in [-0.2, 0) is 14.3 Å². The third-order valence-corrected chi connectivity index (χ3v) is 3.01. The van der Waals surface area contributed by atoms with Gasteiger partial charge < -0.3 is 4.74 Å². The number of Topliss-reactive ketones (excluding diaryl/α,β-unsaturated/α-hetero) is 1. The van der Waals surface area contributed by atoms with Crippen molar-refractivity contribution < 1.29 is 19.1 Å². The number of anilines is 1. The zero-order valence-corrected chi connectivity index (χ0v) is 11.1. The Hall–Kier alpha value is -2.17. The Morgan fingerprint density at radius 2 is 1.95 bits per heavy atom. The first-order valence-corrected chi connectivity index (χ1v) is 6.08. The Labute approximate surface area is 111 Å². The van der Waals surface area contributed by atoms with Gasteiger partial charge in [0.05, 0.1) is 17.9 Å². The van der Waals surface area contributed by atoms with E-state index in [9.17, 15) is 14.4 Å². The molecule has 0 radical (unpaired) electrons. The highest BCUT2D eigenvalue weighted by molar-refractivity contribution is 6.53. The average molecular weight is 261 g/mol. The maximum absolute atomic E-state index is 11.9. The molecule has 0 saturated heterocycles. The van der Waals surface area contributed by atoms with E-state index in [1.165, 1.54) is 4.90 Å². The third-order valence-electron chi connectivity index (χ3n) is 3.01. The van der Waals surface area contributed by atoms with Crippen LogP contribution >= 0.6 is 0 Å². The number of aryl methyl sites for hydroxylation is 2. The van der Waals surface area contributed by atoms with E-state index < -0.39 is 17.7 Å². The molecule has 1 aromatic carbocycles. The number of ether oxygens (including phenoxy) is 1. The zero-order valence-electron chi connectivity index (χ0n) is 11.1. The Morgan fingerprint density at radius 3 is 2.58 bits per heavy atom. The molecule has 0 aromatic heterocycles. The molecular weight excluding hydrogens is 246 g/mol. The van der Waals surface area contributed by atoms with Gasteiger partial charge in [-0.25, -0.2) is 0 Å². The maximum Gasteiger partial charge on any atom is 0.326 e. The lowest BCUT2D eigenvalue weighted by Crippen LogP contribution is -2.35. The van der Waals surface area contributed by atoms with E-state index in [0.717, 1.165) is 11.1 Å². The van der Waals surface area contributed by atoms with Gasteiger partial charge in [-0.3, -0.25) is 19.3 Å². The minimum absolute atomic E-state index is 0.228. The molecule has 0 N–H and O–H groups in total. The van der Waals surface area contributed by atoms with E-state index >= 15 is 0 Å². The molecule has 0 fully saturated rings. The second-order valence-electron chi connectivity index (χ2n) is 4.50. The average Bonchev–Trinajstić information content (AvgIpc) is 2.54. The Balaban J connectivity index is 2.41. The van der Waals surface area contributed by atoms with Crippen molar-refractivity contribution in [3.8, 4) is 0 Å². The lowest BCUT2D eigenvalue weighted by atomic mass is 10.0. The van der Waals surface area contributed by atoms with Gasteiger partial charge in [-0.05, 0) is 38.0 Å². The van der Waals surface area contributed by atoms with Gasteiger partial charge in [-0.1, -0.05) is 6.07 Å². The summed E-state index contributed by atoms with van der Waals surface area (Å²) in [5.41, 5.74) is 2.58. The maximum atomic E-state index is 11.9. The Kier molecular flexibility index (Phi) is 3.38. The van der Waals surface area contributed by atoms with Gasteiger partial charge in [0.25, 0.3) is 11.7 Å². The first kappa shape index (κ1) is 13.3. The van der Waals surface area contributed by atoms with E-state index in [-0.39, 0.29) is 13.2 Å². The van der Waals surface area contributed by atoms with E-state index in [2.05, 4.69) is 0 Å². The summed E-state index contributed by atoms with van der Waals surface area (Å²) in [6.45, 7) is 5.37. The van der Waals surface area contributed by atoms with Gasteiger partial charge in [0.2, 0.25) is 0 Å². The second kappa shape index (κ2) is 4.84. The number of rotatable bonds is 3. The van der Waals surface area contributed by atoms with Crippen LogP contribution in [0.4, 0.5) is 5.69 Å². The third kappa shape index (κ3) is 2.23. The standard InChI is InChI=1S/C14H15NO4/c1-4-19-11(16)7-15-10-6-8(2)5-9(3)12(10)13(17)14(15)18/h5-6H,4,7H2,1-3H3. The van der Waals surface area contributed by atoms with E-state index in [4.69, 9.17) is 4.74 Å². The molecule has 1 heterocycles. The fraction of sp³-hybridized carbons (Fsp3) is 0.357. The van der Waals surface area contributed by atoms with Gasteiger partial charge >= 0.3 is 5.97 Å². The fourth-order valence-corrected chi connectivity index (χ4v) is 2.29. The number of fused-ring (bicyclic) bond motifs is 1. The highest BCUT2D eigenvalue weighted by Crippen LogP contribution is 2.32. The minimum Gasteiger partial charge on any atom is -0.465 e. The summed E-state index contributed by atoms with van der Waals surface area (Å²) in [4.78, 5) is 36.6. The van der Waals surface area contributed by atoms with Crippen LogP contribution in [0, 0.1) is 13.8 Å². The van der Waals surface area contributed by atoms with Crippen LogP contribution in [0.2, 0.25) is 0 Å².